The molecule has 3 fully saturated rings. The van der Waals surface area contributed by atoms with Gasteiger partial charge >= 0.3 is 0 Å². The average Bonchev–Trinajstić information content (AvgIpc) is 2.53. The summed E-state index contributed by atoms with van der Waals surface area (Å²) in [5, 5.41) is 0. The van der Waals surface area contributed by atoms with Crippen LogP contribution < -0.4 is 5.73 Å². The van der Waals surface area contributed by atoms with Crippen LogP contribution >= 0.6 is 0 Å². The Balaban J connectivity index is 1.92. The SMILES string of the molecule is NC1C2CC3CCCC1C3C2. The molecule has 1 heteroatoms. The van der Waals surface area contributed by atoms with Gasteiger partial charge in [0.2, 0.25) is 0 Å². The summed E-state index contributed by atoms with van der Waals surface area (Å²) < 4.78 is 0. The molecule has 3 rings (SSSR count). The van der Waals surface area contributed by atoms with Gasteiger partial charge in [0, 0.05) is 6.04 Å². The predicted octanol–water partition coefficient (Wildman–Crippen LogP) is 1.77. The van der Waals surface area contributed by atoms with E-state index in [1.54, 1.807) is 0 Å². The predicted molar refractivity (Wildman–Crippen MR) is 45.0 cm³/mol. The Labute approximate surface area is 68.3 Å². The Hall–Kier alpha value is -0.0400. The quantitative estimate of drug-likeness (QED) is 0.561. The number of hydrogen-bond acceptors (Lipinski definition) is 1. The lowest BCUT2D eigenvalue weighted by molar-refractivity contribution is 0.143. The number of fused-ring (bicyclic) bond motifs is 1. The van der Waals surface area contributed by atoms with E-state index < -0.39 is 0 Å². The van der Waals surface area contributed by atoms with Crippen molar-refractivity contribution in [3.63, 3.8) is 0 Å². The molecule has 3 saturated carbocycles. The second-order valence-electron chi connectivity index (χ2n) is 4.83. The lowest BCUT2D eigenvalue weighted by Gasteiger charge is -2.38. The Bertz CT molecular complexity index is 174. The first-order valence-corrected chi connectivity index (χ1v) is 5.12. The van der Waals surface area contributed by atoms with Gasteiger partial charge in [-0.1, -0.05) is 12.8 Å². The van der Waals surface area contributed by atoms with E-state index in [-0.39, 0.29) is 0 Å². The van der Waals surface area contributed by atoms with E-state index in [1.807, 2.05) is 0 Å². The monoisotopic (exact) mass is 151 g/mol. The van der Waals surface area contributed by atoms with Crippen LogP contribution in [-0.4, -0.2) is 6.04 Å². The molecule has 0 aromatic heterocycles. The summed E-state index contributed by atoms with van der Waals surface area (Å²) in [4.78, 5) is 0. The molecule has 5 unspecified atom stereocenters. The molecule has 11 heavy (non-hydrogen) atoms. The van der Waals surface area contributed by atoms with Crippen molar-refractivity contribution < 1.29 is 0 Å². The van der Waals surface area contributed by atoms with E-state index in [0.717, 1.165) is 23.7 Å². The molecule has 3 aliphatic rings. The first-order chi connectivity index (χ1) is 5.36. The van der Waals surface area contributed by atoms with Gasteiger partial charge in [0.15, 0.2) is 0 Å². The van der Waals surface area contributed by atoms with Gasteiger partial charge in [-0.25, -0.2) is 0 Å². The molecule has 5 atom stereocenters. The maximum atomic E-state index is 6.17. The second-order valence-corrected chi connectivity index (χ2v) is 4.83. The molecule has 0 aliphatic heterocycles. The van der Waals surface area contributed by atoms with Crippen LogP contribution in [0.25, 0.3) is 0 Å². The third-order valence-electron chi connectivity index (χ3n) is 4.49. The van der Waals surface area contributed by atoms with Crippen LogP contribution in [-0.2, 0) is 0 Å². The van der Waals surface area contributed by atoms with Crippen molar-refractivity contribution in [3.8, 4) is 0 Å². The van der Waals surface area contributed by atoms with Gasteiger partial charge in [0.05, 0.1) is 0 Å². The van der Waals surface area contributed by atoms with Crippen molar-refractivity contribution in [2.24, 2.45) is 29.4 Å². The van der Waals surface area contributed by atoms with Gasteiger partial charge in [-0.2, -0.15) is 0 Å². The zero-order chi connectivity index (χ0) is 7.42. The van der Waals surface area contributed by atoms with Gasteiger partial charge in [-0.05, 0) is 42.9 Å². The highest BCUT2D eigenvalue weighted by Crippen LogP contribution is 2.56. The third kappa shape index (κ3) is 0.703. The fourth-order valence-electron chi connectivity index (χ4n) is 4.03. The molecule has 2 N–H and O–H groups in total. The minimum absolute atomic E-state index is 0.594. The summed E-state index contributed by atoms with van der Waals surface area (Å²) in [6, 6.07) is 0.594. The Morgan fingerprint density at radius 3 is 2.55 bits per heavy atom. The highest BCUT2D eigenvalue weighted by molar-refractivity contribution is 5.04. The van der Waals surface area contributed by atoms with Crippen LogP contribution in [0.2, 0.25) is 0 Å². The van der Waals surface area contributed by atoms with Crippen LogP contribution in [0.5, 0.6) is 0 Å². The minimum atomic E-state index is 0.594. The van der Waals surface area contributed by atoms with Crippen molar-refractivity contribution in [2.45, 2.75) is 38.1 Å². The van der Waals surface area contributed by atoms with Crippen molar-refractivity contribution in [2.75, 3.05) is 0 Å². The standard InChI is InChI=1S/C10H17N/c11-10-7-4-6-2-1-3-8(10)9(6)5-7/h6-10H,1-5,11H2. The van der Waals surface area contributed by atoms with Gasteiger partial charge in [0.25, 0.3) is 0 Å². The molecular weight excluding hydrogens is 134 g/mol. The summed E-state index contributed by atoms with van der Waals surface area (Å²) in [5.41, 5.74) is 6.17. The summed E-state index contributed by atoms with van der Waals surface area (Å²) >= 11 is 0. The highest BCUT2D eigenvalue weighted by Gasteiger charge is 2.52. The van der Waals surface area contributed by atoms with Gasteiger partial charge < -0.3 is 5.73 Å². The largest absolute Gasteiger partial charge is 0.327 e. The normalized spacial score (nSPS) is 60.3. The van der Waals surface area contributed by atoms with E-state index in [0.29, 0.717) is 6.04 Å². The van der Waals surface area contributed by atoms with Crippen LogP contribution in [0.4, 0.5) is 0 Å². The number of hydrogen-bond donors (Lipinski definition) is 1. The van der Waals surface area contributed by atoms with E-state index in [2.05, 4.69) is 0 Å². The third-order valence-corrected chi connectivity index (χ3v) is 4.49. The zero-order valence-corrected chi connectivity index (χ0v) is 7.00. The number of rotatable bonds is 0. The van der Waals surface area contributed by atoms with Crippen LogP contribution in [0.15, 0.2) is 0 Å². The lowest BCUT2D eigenvalue weighted by Crippen LogP contribution is -2.40. The highest BCUT2D eigenvalue weighted by atomic mass is 14.8. The molecule has 0 spiro atoms. The molecule has 0 heterocycles. The number of nitrogens with two attached hydrogens (primary N) is 1. The van der Waals surface area contributed by atoms with Crippen molar-refractivity contribution in [3.05, 3.63) is 0 Å². The first kappa shape index (κ1) is 6.47. The van der Waals surface area contributed by atoms with Crippen LogP contribution in [0, 0.1) is 23.7 Å². The van der Waals surface area contributed by atoms with E-state index in [9.17, 15) is 0 Å². The fourth-order valence-corrected chi connectivity index (χ4v) is 4.03. The van der Waals surface area contributed by atoms with Gasteiger partial charge in [0.1, 0.15) is 0 Å². The summed E-state index contributed by atoms with van der Waals surface area (Å²) in [5.74, 6) is 4.02. The van der Waals surface area contributed by atoms with Gasteiger partial charge in [-0.3, -0.25) is 0 Å². The van der Waals surface area contributed by atoms with Crippen molar-refractivity contribution >= 4 is 0 Å². The van der Waals surface area contributed by atoms with Crippen molar-refractivity contribution in [1.29, 1.82) is 0 Å². The Morgan fingerprint density at radius 1 is 0.909 bits per heavy atom. The van der Waals surface area contributed by atoms with E-state index in [1.165, 1.54) is 32.1 Å². The smallest absolute Gasteiger partial charge is 0.00985 e. The second kappa shape index (κ2) is 2.01. The zero-order valence-electron chi connectivity index (χ0n) is 7.00. The Morgan fingerprint density at radius 2 is 1.82 bits per heavy atom. The fraction of sp³-hybridized carbons (Fsp3) is 1.00. The minimum Gasteiger partial charge on any atom is -0.327 e. The topological polar surface area (TPSA) is 26.0 Å². The molecule has 3 aliphatic carbocycles. The van der Waals surface area contributed by atoms with Crippen molar-refractivity contribution in [1.82, 2.24) is 0 Å². The van der Waals surface area contributed by atoms with Crippen LogP contribution in [0.3, 0.4) is 0 Å². The average molecular weight is 151 g/mol. The van der Waals surface area contributed by atoms with Crippen LogP contribution in [0.1, 0.15) is 32.1 Å². The summed E-state index contributed by atoms with van der Waals surface area (Å²) in [6.45, 7) is 0. The molecule has 0 aromatic rings. The molecule has 0 aromatic carbocycles. The maximum absolute atomic E-state index is 6.17. The molecule has 0 saturated heterocycles. The molecule has 62 valence electrons. The molecule has 2 bridgehead atoms. The molecule has 1 nitrogen and oxygen atoms in total. The van der Waals surface area contributed by atoms with E-state index >= 15 is 0 Å². The van der Waals surface area contributed by atoms with E-state index in [4.69, 9.17) is 5.73 Å². The van der Waals surface area contributed by atoms with Gasteiger partial charge in [-0.15, -0.1) is 0 Å². The maximum Gasteiger partial charge on any atom is 0.00985 e. The molecule has 0 amide bonds. The summed E-state index contributed by atoms with van der Waals surface area (Å²) in [6.07, 6.45) is 7.38. The molecule has 0 radical (unpaired) electrons. The Kier molecular flexibility index (Phi) is 1.18. The molecular formula is C10H17N. The summed E-state index contributed by atoms with van der Waals surface area (Å²) in [7, 11) is 0. The first-order valence-electron chi connectivity index (χ1n) is 5.12. The lowest BCUT2D eigenvalue weighted by atomic mass is 9.69.